The summed E-state index contributed by atoms with van der Waals surface area (Å²) in [4.78, 5) is 21.5. The van der Waals surface area contributed by atoms with Crippen LogP contribution in [0.4, 0.5) is 50.9 Å². The average molecular weight is 462 g/mol. The van der Waals surface area contributed by atoms with Gasteiger partial charge in [-0.3, -0.25) is 14.9 Å². The van der Waals surface area contributed by atoms with E-state index in [1.54, 1.807) is 5.32 Å². The Morgan fingerprint density at radius 2 is 1.32 bits per heavy atom. The van der Waals surface area contributed by atoms with Gasteiger partial charge in [-0.25, -0.2) is 0 Å². The van der Waals surface area contributed by atoms with Crippen LogP contribution in [0.15, 0.2) is 30.3 Å². The van der Waals surface area contributed by atoms with E-state index in [-0.39, 0.29) is 30.3 Å². The maximum atomic E-state index is 12.9. The molecule has 0 aliphatic carbocycles. The second-order valence-electron chi connectivity index (χ2n) is 5.89. The lowest BCUT2D eigenvalue weighted by Crippen LogP contribution is -2.17. The smallest absolute Gasteiger partial charge is 0.423 e. The SMILES string of the molecule is O=C(Nc1cc(C(F)(F)F)cc(C(F)(F)F)c1)c1cc([N+](=O)[O-])c(C(F)(F)F)cc1O. The first kappa shape index (κ1) is 23.8. The van der Waals surface area contributed by atoms with Crippen LogP contribution in [0.5, 0.6) is 5.75 Å². The third kappa shape index (κ3) is 5.35. The van der Waals surface area contributed by atoms with E-state index in [1.807, 2.05) is 0 Å². The zero-order valence-electron chi connectivity index (χ0n) is 14.4. The highest BCUT2D eigenvalue weighted by Crippen LogP contribution is 2.40. The van der Waals surface area contributed by atoms with Gasteiger partial charge in [0.05, 0.1) is 21.6 Å². The number of nitrogens with zero attached hydrogens (tertiary/aromatic N) is 1. The molecule has 0 aliphatic heterocycles. The van der Waals surface area contributed by atoms with Gasteiger partial charge >= 0.3 is 18.5 Å². The third-order valence-corrected chi connectivity index (χ3v) is 3.71. The van der Waals surface area contributed by atoms with E-state index in [4.69, 9.17) is 0 Å². The summed E-state index contributed by atoms with van der Waals surface area (Å²) in [6.45, 7) is 0. The van der Waals surface area contributed by atoms with Gasteiger partial charge in [-0.05, 0) is 24.3 Å². The standard InChI is InChI=1S/C16H7F9N2O4/c17-14(18,19)6-1-7(15(20,21)22)3-8(2-6)26-13(29)9-4-11(27(30)31)10(5-12(9)28)16(23,24)25/h1-5,28H,(H,26,29). The minimum atomic E-state index is -5.31. The second kappa shape index (κ2) is 7.63. The minimum absolute atomic E-state index is 0.00817. The third-order valence-electron chi connectivity index (χ3n) is 3.71. The maximum absolute atomic E-state index is 12.9. The molecule has 0 bridgehead atoms. The fourth-order valence-electron chi connectivity index (χ4n) is 2.36. The number of halogens is 9. The summed E-state index contributed by atoms with van der Waals surface area (Å²) in [5, 5.41) is 22.0. The van der Waals surface area contributed by atoms with Crippen molar-refractivity contribution in [1.82, 2.24) is 0 Å². The van der Waals surface area contributed by atoms with Crippen LogP contribution in [0.3, 0.4) is 0 Å². The number of amides is 1. The van der Waals surface area contributed by atoms with E-state index >= 15 is 0 Å². The summed E-state index contributed by atoms with van der Waals surface area (Å²) in [6, 6.07) is -0.215. The van der Waals surface area contributed by atoms with Gasteiger partial charge in [0.25, 0.3) is 11.6 Å². The van der Waals surface area contributed by atoms with Gasteiger partial charge in [-0.1, -0.05) is 0 Å². The van der Waals surface area contributed by atoms with E-state index in [9.17, 15) is 59.5 Å². The number of carbonyl (C=O) groups is 1. The molecule has 0 aromatic heterocycles. The largest absolute Gasteiger partial charge is 0.507 e. The van der Waals surface area contributed by atoms with Gasteiger partial charge in [0, 0.05) is 11.8 Å². The van der Waals surface area contributed by atoms with E-state index < -0.39 is 68.7 Å². The Kier molecular flexibility index (Phi) is 5.84. The number of aromatic hydroxyl groups is 1. The summed E-state index contributed by atoms with van der Waals surface area (Å²) in [6.07, 6.45) is -15.8. The number of phenolic OH excluding ortho intramolecular Hbond substituents is 1. The van der Waals surface area contributed by atoms with Crippen LogP contribution in [-0.4, -0.2) is 15.9 Å². The Bertz CT molecular complexity index is 1010. The Morgan fingerprint density at radius 1 is 0.839 bits per heavy atom. The van der Waals surface area contributed by atoms with Crippen molar-refractivity contribution in [2.24, 2.45) is 0 Å². The van der Waals surface area contributed by atoms with Gasteiger partial charge in [-0.15, -0.1) is 0 Å². The van der Waals surface area contributed by atoms with Gasteiger partial charge < -0.3 is 10.4 Å². The van der Waals surface area contributed by atoms with Crippen LogP contribution < -0.4 is 5.32 Å². The molecule has 31 heavy (non-hydrogen) atoms. The van der Waals surface area contributed by atoms with Crippen molar-refractivity contribution in [3.8, 4) is 5.75 Å². The fourth-order valence-corrected chi connectivity index (χ4v) is 2.36. The molecular weight excluding hydrogens is 455 g/mol. The van der Waals surface area contributed by atoms with Gasteiger partial charge in [0.15, 0.2) is 0 Å². The molecule has 2 aromatic carbocycles. The van der Waals surface area contributed by atoms with Crippen LogP contribution >= 0.6 is 0 Å². The number of phenols is 1. The van der Waals surface area contributed by atoms with Crippen LogP contribution in [0.25, 0.3) is 0 Å². The van der Waals surface area contributed by atoms with Crippen molar-refractivity contribution >= 4 is 17.3 Å². The lowest BCUT2D eigenvalue weighted by atomic mass is 10.1. The number of nitrogens with one attached hydrogen (secondary N) is 1. The summed E-state index contributed by atoms with van der Waals surface area (Å²) in [7, 11) is 0. The van der Waals surface area contributed by atoms with E-state index in [1.165, 1.54) is 0 Å². The van der Waals surface area contributed by atoms with Crippen molar-refractivity contribution < 1.29 is 54.3 Å². The molecule has 0 saturated heterocycles. The molecule has 168 valence electrons. The van der Waals surface area contributed by atoms with Crippen LogP contribution in [-0.2, 0) is 18.5 Å². The molecule has 0 fully saturated rings. The molecule has 2 rings (SSSR count). The first-order chi connectivity index (χ1) is 13.9. The summed E-state index contributed by atoms with van der Waals surface area (Å²) < 4.78 is 116. The number of hydrogen-bond acceptors (Lipinski definition) is 4. The lowest BCUT2D eigenvalue weighted by Gasteiger charge is -2.15. The molecule has 0 saturated carbocycles. The molecule has 2 aromatic rings. The van der Waals surface area contributed by atoms with E-state index in [2.05, 4.69) is 0 Å². The van der Waals surface area contributed by atoms with E-state index in [0.29, 0.717) is 0 Å². The normalized spacial score (nSPS) is 12.5. The minimum Gasteiger partial charge on any atom is -0.507 e. The topological polar surface area (TPSA) is 92.5 Å². The summed E-state index contributed by atoms with van der Waals surface area (Å²) >= 11 is 0. The molecule has 1 amide bonds. The highest BCUT2D eigenvalue weighted by molar-refractivity contribution is 6.06. The first-order valence-corrected chi connectivity index (χ1v) is 7.60. The Balaban J connectivity index is 2.55. The predicted octanol–water partition coefficient (Wildman–Crippen LogP) is 5.61. The van der Waals surface area contributed by atoms with Gasteiger partial charge in [-0.2, -0.15) is 39.5 Å². The molecular formula is C16H7F9N2O4. The number of nitro benzene ring substituents is 1. The van der Waals surface area contributed by atoms with Crippen LogP contribution in [0.2, 0.25) is 0 Å². The maximum Gasteiger partial charge on any atom is 0.423 e. The number of carbonyl (C=O) groups excluding carboxylic acids is 1. The average Bonchev–Trinajstić information content (AvgIpc) is 2.58. The number of anilines is 1. The molecule has 0 radical (unpaired) electrons. The van der Waals surface area contributed by atoms with Gasteiger partial charge in [0.1, 0.15) is 11.3 Å². The molecule has 6 nitrogen and oxygen atoms in total. The van der Waals surface area contributed by atoms with Crippen LogP contribution in [0, 0.1) is 10.1 Å². The van der Waals surface area contributed by atoms with Crippen LogP contribution in [0.1, 0.15) is 27.0 Å². The number of alkyl halides is 9. The van der Waals surface area contributed by atoms with Crippen molar-refractivity contribution in [3.05, 3.63) is 62.7 Å². The number of hydrogen-bond donors (Lipinski definition) is 2. The second-order valence-corrected chi connectivity index (χ2v) is 5.89. The van der Waals surface area contributed by atoms with Crippen molar-refractivity contribution in [3.63, 3.8) is 0 Å². The Morgan fingerprint density at radius 3 is 1.71 bits per heavy atom. The zero-order chi connectivity index (χ0) is 23.9. The molecule has 0 unspecified atom stereocenters. The summed E-state index contributed by atoms with van der Waals surface area (Å²) in [5.74, 6) is -3.14. The molecule has 0 aliphatic rings. The van der Waals surface area contributed by atoms with Crippen molar-refractivity contribution in [2.45, 2.75) is 18.5 Å². The zero-order valence-corrected chi connectivity index (χ0v) is 14.4. The first-order valence-electron chi connectivity index (χ1n) is 7.60. The molecule has 0 atom stereocenters. The van der Waals surface area contributed by atoms with Crippen molar-refractivity contribution in [2.75, 3.05) is 5.32 Å². The van der Waals surface area contributed by atoms with E-state index in [0.717, 1.165) is 0 Å². The number of nitro groups is 1. The molecule has 0 spiro atoms. The molecule has 15 heteroatoms. The number of rotatable bonds is 3. The molecule has 0 heterocycles. The Hall–Kier alpha value is -3.52. The quantitative estimate of drug-likeness (QED) is 0.353. The fraction of sp³-hybridized carbons (Fsp3) is 0.188. The Labute approximate surface area is 165 Å². The van der Waals surface area contributed by atoms with Gasteiger partial charge in [0.2, 0.25) is 0 Å². The monoisotopic (exact) mass is 462 g/mol. The molecule has 2 N–H and O–H groups in total. The van der Waals surface area contributed by atoms with Crippen molar-refractivity contribution in [1.29, 1.82) is 0 Å². The number of benzene rings is 2. The predicted molar refractivity (Wildman–Crippen MR) is 84.2 cm³/mol. The lowest BCUT2D eigenvalue weighted by molar-refractivity contribution is -0.388. The summed E-state index contributed by atoms with van der Waals surface area (Å²) in [5.41, 5.74) is -9.47. The highest BCUT2D eigenvalue weighted by atomic mass is 19.4. The highest BCUT2D eigenvalue weighted by Gasteiger charge is 2.40.